The molecule has 3 aromatic carbocycles. The number of hydrogen-bond donors (Lipinski definition) is 3. The summed E-state index contributed by atoms with van der Waals surface area (Å²) in [6.07, 6.45) is 2.43. The number of carbonyl (C=O) groups excluding carboxylic acids is 3. The highest BCUT2D eigenvalue weighted by Crippen LogP contribution is 2.54. The lowest BCUT2D eigenvalue weighted by atomic mass is 9.75. The Balaban J connectivity index is 1.40. The van der Waals surface area contributed by atoms with Gasteiger partial charge in [-0.3, -0.25) is 19.7 Å². The van der Waals surface area contributed by atoms with Crippen molar-refractivity contribution in [1.82, 2.24) is 10.3 Å². The highest BCUT2D eigenvalue weighted by molar-refractivity contribution is 6.26. The predicted molar refractivity (Wildman–Crippen MR) is 148 cm³/mol. The number of nitrogens with zero attached hydrogens (tertiary/aromatic N) is 1. The Morgan fingerprint density at radius 1 is 0.974 bits per heavy atom. The quantitative estimate of drug-likeness (QED) is 0.354. The maximum absolute atomic E-state index is 14.3. The first-order valence-corrected chi connectivity index (χ1v) is 13.1. The van der Waals surface area contributed by atoms with Crippen LogP contribution in [0.15, 0.2) is 66.9 Å². The minimum atomic E-state index is -1.35. The fraction of sp³-hybridized carbons (Fsp3) is 0.258. The number of fused-ring (bicyclic) bond motifs is 5. The van der Waals surface area contributed by atoms with E-state index < -0.39 is 23.4 Å². The Labute approximate surface area is 225 Å². The van der Waals surface area contributed by atoms with Crippen LogP contribution in [-0.2, 0) is 26.3 Å². The van der Waals surface area contributed by atoms with E-state index in [2.05, 4.69) is 15.6 Å². The molecule has 196 valence electrons. The summed E-state index contributed by atoms with van der Waals surface area (Å²) in [6, 6.07) is 18.5. The molecule has 0 radical (unpaired) electrons. The number of benzene rings is 3. The van der Waals surface area contributed by atoms with Crippen LogP contribution in [0.1, 0.15) is 22.3 Å². The summed E-state index contributed by atoms with van der Waals surface area (Å²) in [5, 5.41) is 7.67. The first-order valence-electron chi connectivity index (χ1n) is 13.1. The molecule has 2 saturated heterocycles. The van der Waals surface area contributed by atoms with Gasteiger partial charge in [-0.2, -0.15) is 0 Å². The highest BCUT2D eigenvalue weighted by Gasteiger charge is 2.70. The van der Waals surface area contributed by atoms with Gasteiger partial charge in [0.05, 0.1) is 24.6 Å². The number of aryl methyl sites for hydroxylation is 2. The number of nitrogens with one attached hydrogen (secondary N) is 3. The van der Waals surface area contributed by atoms with E-state index in [0.29, 0.717) is 23.5 Å². The Hall–Kier alpha value is -4.43. The van der Waals surface area contributed by atoms with Crippen molar-refractivity contribution in [1.29, 1.82) is 0 Å². The van der Waals surface area contributed by atoms with E-state index in [1.807, 2.05) is 56.4 Å². The average Bonchev–Trinajstić information content (AvgIpc) is 3.64. The molecule has 3 amide bonds. The Kier molecular flexibility index (Phi) is 5.03. The molecule has 2 fully saturated rings. The van der Waals surface area contributed by atoms with E-state index in [1.54, 1.807) is 31.4 Å². The number of amides is 3. The first kappa shape index (κ1) is 23.7. The van der Waals surface area contributed by atoms with Crippen LogP contribution in [0.4, 0.5) is 11.4 Å². The predicted octanol–water partition coefficient (Wildman–Crippen LogP) is 3.96. The van der Waals surface area contributed by atoms with Gasteiger partial charge in [-0.15, -0.1) is 0 Å². The topological polar surface area (TPSA) is 104 Å². The Morgan fingerprint density at radius 3 is 2.62 bits per heavy atom. The third-order valence-electron chi connectivity index (χ3n) is 8.59. The van der Waals surface area contributed by atoms with E-state index in [0.717, 1.165) is 33.2 Å². The van der Waals surface area contributed by atoms with E-state index in [-0.39, 0.29) is 17.7 Å². The molecular weight excluding hydrogens is 492 g/mol. The maximum Gasteiger partial charge on any atom is 0.250 e. The summed E-state index contributed by atoms with van der Waals surface area (Å²) >= 11 is 0. The molecule has 4 heterocycles. The smallest absolute Gasteiger partial charge is 0.250 e. The minimum absolute atomic E-state index is 0.295. The number of para-hydroxylation sites is 1. The van der Waals surface area contributed by atoms with Crippen molar-refractivity contribution in [3.63, 3.8) is 0 Å². The number of anilines is 2. The zero-order valence-electron chi connectivity index (χ0n) is 21.9. The monoisotopic (exact) mass is 520 g/mol. The molecule has 4 atom stereocenters. The molecule has 0 unspecified atom stereocenters. The molecule has 0 aliphatic carbocycles. The zero-order chi connectivity index (χ0) is 27.1. The maximum atomic E-state index is 14.3. The fourth-order valence-electron chi connectivity index (χ4n) is 6.97. The fourth-order valence-corrected chi connectivity index (χ4v) is 6.97. The van der Waals surface area contributed by atoms with Gasteiger partial charge in [0.15, 0.2) is 0 Å². The number of ether oxygens (including phenoxy) is 1. The molecule has 3 N–H and O–H groups in total. The molecule has 8 heteroatoms. The van der Waals surface area contributed by atoms with E-state index in [4.69, 9.17) is 4.74 Å². The molecule has 3 aliphatic heterocycles. The number of aromatic nitrogens is 1. The van der Waals surface area contributed by atoms with Gasteiger partial charge < -0.3 is 15.0 Å². The van der Waals surface area contributed by atoms with Crippen molar-refractivity contribution in [3.05, 3.63) is 89.1 Å². The normalized spacial score (nSPS) is 25.5. The summed E-state index contributed by atoms with van der Waals surface area (Å²) in [7, 11) is 1.54. The minimum Gasteiger partial charge on any atom is -0.497 e. The van der Waals surface area contributed by atoms with Crippen LogP contribution in [0.25, 0.3) is 10.9 Å². The van der Waals surface area contributed by atoms with Gasteiger partial charge in [0, 0.05) is 40.5 Å². The van der Waals surface area contributed by atoms with Crippen LogP contribution < -0.4 is 20.3 Å². The standard InChI is InChI=1S/C31H28N4O4/c1-16-11-17(2)27-22(12-16)31(30(38)33-27)26-25(24(34-31)13-18-15-32-23-10-5-4-9-21(18)23)28(36)35(29(26)37)19-7-6-8-20(14-19)39-3/h4-12,14-15,24-26,32,34H,13H2,1-3H3,(H,33,38)/t24-,25+,26-,31-/m0/s1. The van der Waals surface area contributed by atoms with Crippen molar-refractivity contribution in [3.8, 4) is 5.75 Å². The highest BCUT2D eigenvalue weighted by atomic mass is 16.5. The van der Waals surface area contributed by atoms with Crippen molar-refractivity contribution in [2.75, 3.05) is 17.3 Å². The lowest BCUT2D eigenvalue weighted by molar-refractivity contribution is -0.130. The molecule has 1 spiro atoms. The van der Waals surface area contributed by atoms with Crippen molar-refractivity contribution in [2.45, 2.75) is 31.8 Å². The summed E-state index contributed by atoms with van der Waals surface area (Å²) in [5.74, 6) is -2.06. The van der Waals surface area contributed by atoms with Crippen LogP contribution in [0.2, 0.25) is 0 Å². The second-order valence-corrected chi connectivity index (χ2v) is 10.8. The van der Waals surface area contributed by atoms with Crippen LogP contribution in [-0.4, -0.2) is 35.9 Å². The van der Waals surface area contributed by atoms with Crippen LogP contribution in [0.3, 0.4) is 0 Å². The van der Waals surface area contributed by atoms with Gasteiger partial charge in [0.1, 0.15) is 11.3 Å². The number of imide groups is 1. The lowest BCUT2D eigenvalue weighted by Gasteiger charge is -2.30. The molecule has 4 aromatic rings. The SMILES string of the molecule is COc1cccc(N2C(=O)[C@@H]3[C@H](Cc4c[nH]c5ccccc45)N[C@]4(C(=O)Nc5c(C)cc(C)cc54)[C@@H]3C2=O)c1. The molecular formula is C31H28N4O4. The molecule has 7 rings (SSSR count). The number of carbonyl (C=O) groups is 3. The number of hydrogen-bond acceptors (Lipinski definition) is 5. The van der Waals surface area contributed by atoms with Crippen molar-refractivity contribution in [2.24, 2.45) is 11.8 Å². The van der Waals surface area contributed by atoms with Crippen LogP contribution >= 0.6 is 0 Å². The molecule has 0 bridgehead atoms. The third-order valence-corrected chi connectivity index (χ3v) is 8.59. The Bertz CT molecular complexity index is 1710. The van der Waals surface area contributed by atoms with Gasteiger partial charge in [0.25, 0.3) is 0 Å². The second-order valence-electron chi connectivity index (χ2n) is 10.8. The number of aromatic amines is 1. The van der Waals surface area contributed by atoms with Gasteiger partial charge in [0.2, 0.25) is 17.7 Å². The summed E-state index contributed by atoms with van der Waals surface area (Å²) < 4.78 is 5.37. The zero-order valence-corrected chi connectivity index (χ0v) is 21.9. The molecule has 3 aliphatic rings. The second kappa shape index (κ2) is 8.28. The van der Waals surface area contributed by atoms with Gasteiger partial charge in [-0.05, 0) is 49.6 Å². The van der Waals surface area contributed by atoms with Gasteiger partial charge >= 0.3 is 0 Å². The first-order chi connectivity index (χ1) is 18.8. The number of methoxy groups -OCH3 is 1. The van der Waals surface area contributed by atoms with Gasteiger partial charge in [-0.1, -0.05) is 42.0 Å². The molecule has 1 aromatic heterocycles. The van der Waals surface area contributed by atoms with Gasteiger partial charge in [-0.25, -0.2) is 4.90 Å². The number of rotatable bonds is 4. The lowest BCUT2D eigenvalue weighted by Crippen LogP contribution is -2.53. The van der Waals surface area contributed by atoms with Crippen molar-refractivity contribution >= 4 is 40.0 Å². The summed E-state index contributed by atoms with van der Waals surface area (Å²) in [5.41, 5.74) is 4.47. The molecule has 8 nitrogen and oxygen atoms in total. The van der Waals surface area contributed by atoms with E-state index in [1.165, 1.54) is 4.90 Å². The van der Waals surface area contributed by atoms with Crippen molar-refractivity contribution < 1.29 is 19.1 Å². The number of H-pyrrole nitrogens is 1. The Morgan fingerprint density at radius 2 is 1.79 bits per heavy atom. The van der Waals surface area contributed by atoms with Crippen LogP contribution in [0.5, 0.6) is 5.75 Å². The van der Waals surface area contributed by atoms with E-state index in [9.17, 15) is 14.4 Å². The third kappa shape index (κ3) is 3.18. The molecule has 39 heavy (non-hydrogen) atoms. The summed E-state index contributed by atoms with van der Waals surface area (Å²) in [4.78, 5) is 46.9. The van der Waals surface area contributed by atoms with E-state index >= 15 is 0 Å². The molecule has 0 saturated carbocycles. The summed E-state index contributed by atoms with van der Waals surface area (Å²) in [6.45, 7) is 3.93. The average molecular weight is 521 g/mol. The largest absolute Gasteiger partial charge is 0.497 e. The van der Waals surface area contributed by atoms with Crippen LogP contribution in [0, 0.1) is 25.7 Å².